The standard InChI is InChI=1S/C26H34N2O3/c1-16-5-4-8-26(2)11-23-19(10-21(16)26)20(25(30)31-23)15-27-12-17-9-18(14-27)22-6-3-7-24(29)28(22)13-17/h3,6-7,10,16-20,23H,4-5,8-9,11-15H2,1-2H3. The molecule has 31 heavy (non-hydrogen) atoms. The van der Waals surface area contributed by atoms with Gasteiger partial charge in [-0.3, -0.25) is 9.59 Å². The molecule has 3 aliphatic heterocycles. The number of rotatable bonds is 2. The lowest BCUT2D eigenvalue weighted by Gasteiger charge is -2.46. The summed E-state index contributed by atoms with van der Waals surface area (Å²) in [6.45, 7) is 8.26. The van der Waals surface area contributed by atoms with E-state index in [9.17, 15) is 9.59 Å². The molecule has 0 amide bonds. The zero-order valence-corrected chi connectivity index (χ0v) is 18.8. The number of esters is 1. The van der Waals surface area contributed by atoms with E-state index in [1.165, 1.54) is 25.0 Å². The number of aromatic nitrogens is 1. The fourth-order valence-electron chi connectivity index (χ4n) is 7.68. The molecular formula is C26H34N2O3. The fourth-order valence-corrected chi connectivity index (χ4v) is 7.68. The van der Waals surface area contributed by atoms with Crippen LogP contribution >= 0.6 is 0 Å². The average Bonchev–Trinajstić information content (AvgIpc) is 3.01. The zero-order valence-electron chi connectivity index (χ0n) is 18.8. The quantitative estimate of drug-likeness (QED) is 0.540. The van der Waals surface area contributed by atoms with E-state index >= 15 is 0 Å². The van der Waals surface area contributed by atoms with Crippen LogP contribution in [0.2, 0.25) is 0 Å². The summed E-state index contributed by atoms with van der Waals surface area (Å²) in [5, 5.41) is 0. The molecule has 0 radical (unpaired) electrons. The van der Waals surface area contributed by atoms with Crippen LogP contribution in [0.25, 0.3) is 0 Å². The third-order valence-corrected chi connectivity index (χ3v) is 9.09. The maximum absolute atomic E-state index is 13.0. The molecule has 1 aromatic rings. The van der Waals surface area contributed by atoms with Crippen molar-refractivity contribution in [3.63, 3.8) is 0 Å². The number of piperidine rings is 1. The first-order chi connectivity index (χ1) is 14.9. The van der Waals surface area contributed by atoms with Gasteiger partial charge in [-0.05, 0) is 49.0 Å². The van der Waals surface area contributed by atoms with Crippen molar-refractivity contribution in [1.29, 1.82) is 0 Å². The van der Waals surface area contributed by atoms with Crippen molar-refractivity contribution in [1.82, 2.24) is 9.47 Å². The van der Waals surface area contributed by atoms with Crippen LogP contribution in [0.4, 0.5) is 0 Å². The van der Waals surface area contributed by atoms with E-state index in [2.05, 4.69) is 30.9 Å². The Morgan fingerprint density at radius 1 is 1.19 bits per heavy atom. The molecule has 1 saturated carbocycles. The summed E-state index contributed by atoms with van der Waals surface area (Å²) in [7, 11) is 0. The molecule has 6 rings (SSSR count). The van der Waals surface area contributed by atoms with Crippen molar-refractivity contribution in [2.24, 2.45) is 29.1 Å². The third kappa shape index (κ3) is 3.14. The highest BCUT2D eigenvalue weighted by molar-refractivity contribution is 5.76. The molecule has 0 aromatic carbocycles. The number of hydrogen-bond acceptors (Lipinski definition) is 4. The molecule has 2 aliphatic carbocycles. The lowest BCUT2D eigenvalue weighted by molar-refractivity contribution is -0.145. The number of carbonyl (C=O) groups excluding carboxylic acids is 1. The number of pyridine rings is 1. The van der Waals surface area contributed by atoms with Crippen molar-refractivity contribution in [3.05, 3.63) is 45.9 Å². The monoisotopic (exact) mass is 422 g/mol. The summed E-state index contributed by atoms with van der Waals surface area (Å²) < 4.78 is 7.96. The molecule has 5 nitrogen and oxygen atoms in total. The largest absolute Gasteiger partial charge is 0.461 e. The van der Waals surface area contributed by atoms with Gasteiger partial charge in [0.1, 0.15) is 6.10 Å². The molecule has 3 fully saturated rings. The molecule has 7 atom stereocenters. The summed E-state index contributed by atoms with van der Waals surface area (Å²) in [4.78, 5) is 27.8. The smallest absolute Gasteiger partial charge is 0.311 e. The second-order valence-corrected chi connectivity index (χ2v) is 11.3. The highest BCUT2D eigenvalue weighted by Gasteiger charge is 2.52. The van der Waals surface area contributed by atoms with Crippen molar-refractivity contribution in [3.8, 4) is 0 Å². The maximum atomic E-state index is 13.0. The van der Waals surface area contributed by atoms with Gasteiger partial charge < -0.3 is 14.2 Å². The first-order valence-electron chi connectivity index (χ1n) is 12.3. The number of allylic oxidation sites excluding steroid dienone is 1. The van der Waals surface area contributed by atoms with Crippen LogP contribution in [0.3, 0.4) is 0 Å². The van der Waals surface area contributed by atoms with E-state index in [4.69, 9.17) is 4.74 Å². The summed E-state index contributed by atoms with van der Waals surface area (Å²) in [6, 6.07) is 5.68. The van der Waals surface area contributed by atoms with Gasteiger partial charge in [-0.2, -0.15) is 0 Å². The molecule has 166 valence electrons. The first kappa shape index (κ1) is 19.8. The lowest BCUT2D eigenvalue weighted by Crippen LogP contribution is -2.49. The van der Waals surface area contributed by atoms with Crippen LogP contribution < -0.4 is 5.56 Å². The van der Waals surface area contributed by atoms with Gasteiger partial charge in [-0.25, -0.2) is 0 Å². The van der Waals surface area contributed by atoms with E-state index < -0.39 is 0 Å². The Labute approximate surface area is 184 Å². The van der Waals surface area contributed by atoms with E-state index in [0.717, 1.165) is 39.0 Å². The lowest BCUT2D eigenvalue weighted by atomic mass is 9.59. The predicted octanol–water partition coefficient (Wildman–Crippen LogP) is 3.58. The second-order valence-electron chi connectivity index (χ2n) is 11.3. The SMILES string of the molecule is CC1CCCC2(C)CC3OC(=O)C(CN4CC5CC(C4)c4cccc(=O)n4C5)C3C=C12. The maximum Gasteiger partial charge on any atom is 0.311 e. The Bertz CT molecular complexity index is 997. The number of hydrogen-bond donors (Lipinski definition) is 0. The van der Waals surface area contributed by atoms with E-state index in [0.29, 0.717) is 17.8 Å². The Hall–Kier alpha value is -1.88. The average molecular weight is 423 g/mol. The van der Waals surface area contributed by atoms with Crippen LogP contribution in [0.5, 0.6) is 0 Å². The van der Waals surface area contributed by atoms with Crippen LogP contribution in [-0.2, 0) is 16.1 Å². The Kier molecular flexibility index (Phi) is 4.51. The Morgan fingerprint density at radius 3 is 2.94 bits per heavy atom. The van der Waals surface area contributed by atoms with Gasteiger partial charge in [0.05, 0.1) is 5.92 Å². The number of likely N-dealkylation sites (tertiary alicyclic amines) is 1. The number of ether oxygens (including phenoxy) is 1. The van der Waals surface area contributed by atoms with E-state index in [-0.39, 0.29) is 34.9 Å². The minimum Gasteiger partial charge on any atom is -0.461 e. The van der Waals surface area contributed by atoms with Gasteiger partial charge >= 0.3 is 5.97 Å². The summed E-state index contributed by atoms with van der Waals surface area (Å²) in [5.41, 5.74) is 3.10. The van der Waals surface area contributed by atoms with Crippen molar-refractivity contribution >= 4 is 5.97 Å². The number of nitrogens with zero attached hydrogens (tertiary/aromatic N) is 2. The van der Waals surface area contributed by atoms with Gasteiger partial charge in [-0.15, -0.1) is 0 Å². The van der Waals surface area contributed by atoms with Crippen molar-refractivity contribution in [2.75, 3.05) is 19.6 Å². The third-order valence-electron chi connectivity index (χ3n) is 9.09. The minimum atomic E-state index is -0.0482. The molecule has 2 bridgehead atoms. The zero-order chi connectivity index (χ0) is 21.3. The number of fused-ring (bicyclic) bond motifs is 6. The molecule has 4 heterocycles. The molecule has 2 saturated heterocycles. The highest BCUT2D eigenvalue weighted by atomic mass is 16.6. The van der Waals surface area contributed by atoms with Crippen LogP contribution in [0.1, 0.15) is 57.6 Å². The predicted molar refractivity (Wildman–Crippen MR) is 119 cm³/mol. The topological polar surface area (TPSA) is 51.5 Å². The molecule has 1 aromatic heterocycles. The summed E-state index contributed by atoms with van der Waals surface area (Å²) in [5.74, 6) is 1.70. The van der Waals surface area contributed by atoms with E-state index in [1.54, 1.807) is 11.6 Å². The minimum absolute atomic E-state index is 0.00843. The molecule has 5 aliphatic rings. The molecular weight excluding hydrogens is 388 g/mol. The second kappa shape index (κ2) is 7.06. The first-order valence-corrected chi connectivity index (χ1v) is 12.3. The fraction of sp³-hybridized carbons (Fsp3) is 0.692. The summed E-state index contributed by atoms with van der Waals surface area (Å²) in [6.07, 6.45) is 8.45. The van der Waals surface area contributed by atoms with Crippen LogP contribution in [0.15, 0.2) is 34.6 Å². The van der Waals surface area contributed by atoms with Crippen molar-refractivity contribution in [2.45, 2.75) is 64.5 Å². The van der Waals surface area contributed by atoms with Gasteiger partial charge in [0.15, 0.2) is 0 Å². The molecule has 0 N–H and O–H groups in total. The highest BCUT2D eigenvalue weighted by Crippen LogP contribution is 2.54. The van der Waals surface area contributed by atoms with Gasteiger partial charge in [0, 0.05) is 49.8 Å². The molecule has 0 spiro atoms. The Morgan fingerprint density at radius 2 is 2.06 bits per heavy atom. The van der Waals surface area contributed by atoms with E-state index in [1.807, 2.05) is 10.6 Å². The van der Waals surface area contributed by atoms with Crippen LogP contribution in [-0.4, -0.2) is 41.2 Å². The normalized spacial score (nSPS) is 41.6. The summed E-state index contributed by atoms with van der Waals surface area (Å²) >= 11 is 0. The molecule has 5 heteroatoms. The van der Waals surface area contributed by atoms with Crippen molar-refractivity contribution < 1.29 is 9.53 Å². The van der Waals surface area contributed by atoms with Gasteiger partial charge in [0.2, 0.25) is 0 Å². The Balaban J connectivity index is 1.24. The molecule has 7 unspecified atom stereocenters. The number of carbonyl (C=O) groups is 1. The van der Waals surface area contributed by atoms with Crippen LogP contribution in [0, 0.1) is 29.1 Å². The van der Waals surface area contributed by atoms with Gasteiger partial charge in [-0.1, -0.05) is 38.0 Å². The van der Waals surface area contributed by atoms with Gasteiger partial charge in [0.25, 0.3) is 5.56 Å².